The monoisotopic (exact) mass is 218 g/mol. The maximum absolute atomic E-state index is 11.2. The fraction of sp³-hybridized carbons (Fsp3) is 1.00. The van der Waals surface area contributed by atoms with E-state index in [1.165, 1.54) is 12.8 Å². The number of hydrogen-bond acceptors (Lipinski definition) is 3. The summed E-state index contributed by atoms with van der Waals surface area (Å²) in [5.41, 5.74) is 0. The van der Waals surface area contributed by atoms with Crippen molar-refractivity contribution in [3.05, 3.63) is 0 Å². The van der Waals surface area contributed by atoms with Gasteiger partial charge in [0.15, 0.2) is 0 Å². The lowest BCUT2D eigenvalue weighted by Crippen LogP contribution is -2.35. The molecule has 0 aromatic heterocycles. The molecular weight excluding hydrogens is 200 g/mol. The Balaban J connectivity index is 1.82. The van der Waals surface area contributed by atoms with Crippen LogP contribution in [0.2, 0.25) is 0 Å². The maximum atomic E-state index is 11.2. The smallest absolute Gasteiger partial charge is 0.211 e. The summed E-state index contributed by atoms with van der Waals surface area (Å²) in [6.07, 6.45) is 3.61. The molecule has 0 spiro atoms. The summed E-state index contributed by atoms with van der Waals surface area (Å²) in [5, 5.41) is 3.50. The zero-order chi connectivity index (χ0) is 10.2. The van der Waals surface area contributed by atoms with Gasteiger partial charge >= 0.3 is 0 Å². The van der Waals surface area contributed by atoms with Gasteiger partial charge in [0.1, 0.15) is 0 Å². The van der Waals surface area contributed by atoms with Gasteiger partial charge in [-0.25, -0.2) is 13.1 Å². The minimum atomic E-state index is -3.00. The van der Waals surface area contributed by atoms with E-state index in [0.29, 0.717) is 24.5 Å². The SMILES string of the molecule is CCS(=O)(=O)NCC1CC2CCC1N2. The number of hydrogen-bond donors (Lipinski definition) is 2. The van der Waals surface area contributed by atoms with Crippen LogP contribution in [0.1, 0.15) is 26.2 Å². The molecule has 14 heavy (non-hydrogen) atoms. The van der Waals surface area contributed by atoms with Crippen molar-refractivity contribution in [1.82, 2.24) is 10.0 Å². The molecule has 2 N–H and O–H groups in total. The molecule has 2 aliphatic rings. The van der Waals surface area contributed by atoms with Crippen LogP contribution in [0, 0.1) is 5.92 Å². The summed E-state index contributed by atoms with van der Waals surface area (Å²) in [4.78, 5) is 0. The van der Waals surface area contributed by atoms with Crippen LogP contribution in [0.25, 0.3) is 0 Å². The molecule has 2 aliphatic heterocycles. The molecule has 2 rings (SSSR count). The first kappa shape index (κ1) is 10.4. The van der Waals surface area contributed by atoms with Crippen LogP contribution in [-0.4, -0.2) is 32.8 Å². The first-order valence-electron chi connectivity index (χ1n) is 5.34. The van der Waals surface area contributed by atoms with Crippen molar-refractivity contribution in [2.24, 2.45) is 5.92 Å². The van der Waals surface area contributed by atoms with Crippen LogP contribution in [-0.2, 0) is 10.0 Å². The molecule has 2 saturated heterocycles. The van der Waals surface area contributed by atoms with Crippen molar-refractivity contribution in [3.63, 3.8) is 0 Å². The molecule has 3 atom stereocenters. The van der Waals surface area contributed by atoms with E-state index >= 15 is 0 Å². The third-order valence-corrected chi connectivity index (χ3v) is 4.74. The van der Waals surface area contributed by atoms with Gasteiger partial charge in [-0.15, -0.1) is 0 Å². The fourth-order valence-corrected chi connectivity index (χ4v) is 3.17. The third-order valence-electron chi connectivity index (χ3n) is 3.38. The molecule has 0 amide bonds. The standard InChI is InChI=1S/C9H18N2O2S/c1-2-14(12,13)10-6-7-5-8-3-4-9(7)11-8/h7-11H,2-6H2,1H3. The number of rotatable bonds is 4. The van der Waals surface area contributed by atoms with Crippen molar-refractivity contribution in [2.45, 2.75) is 38.3 Å². The molecule has 2 bridgehead atoms. The minimum absolute atomic E-state index is 0.182. The number of sulfonamides is 1. The minimum Gasteiger partial charge on any atom is -0.311 e. The fourth-order valence-electron chi connectivity index (χ4n) is 2.50. The van der Waals surface area contributed by atoms with Gasteiger partial charge in [-0.05, 0) is 32.1 Å². The van der Waals surface area contributed by atoms with Gasteiger partial charge in [0, 0.05) is 18.6 Å². The van der Waals surface area contributed by atoms with E-state index in [9.17, 15) is 8.42 Å². The second-order valence-corrected chi connectivity index (χ2v) is 6.39. The molecular formula is C9H18N2O2S. The van der Waals surface area contributed by atoms with Crippen molar-refractivity contribution < 1.29 is 8.42 Å². The lowest BCUT2D eigenvalue weighted by Gasteiger charge is -2.19. The first-order valence-corrected chi connectivity index (χ1v) is 6.99. The highest BCUT2D eigenvalue weighted by Gasteiger charge is 2.38. The summed E-state index contributed by atoms with van der Waals surface area (Å²) >= 11 is 0. The summed E-state index contributed by atoms with van der Waals surface area (Å²) in [7, 11) is -3.00. The van der Waals surface area contributed by atoms with Crippen LogP contribution < -0.4 is 10.0 Å². The summed E-state index contributed by atoms with van der Waals surface area (Å²) in [5.74, 6) is 0.691. The van der Waals surface area contributed by atoms with E-state index in [4.69, 9.17) is 0 Å². The Kier molecular flexibility index (Phi) is 2.81. The highest BCUT2D eigenvalue weighted by molar-refractivity contribution is 7.89. The third kappa shape index (κ3) is 2.10. The van der Waals surface area contributed by atoms with Crippen LogP contribution in [0.5, 0.6) is 0 Å². The Morgan fingerprint density at radius 3 is 2.71 bits per heavy atom. The zero-order valence-electron chi connectivity index (χ0n) is 8.49. The Morgan fingerprint density at radius 2 is 2.21 bits per heavy atom. The van der Waals surface area contributed by atoms with Crippen LogP contribution >= 0.6 is 0 Å². The average molecular weight is 218 g/mol. The predicted molar refractivity (Wildman–Crippen MR) is 55.5 cm³/mol. The lowest BCUT2D eigenvalue weighted by molar-refractivity contribution is 0.402. The van der Waals surface area contributed by atoms with Gasteiger partial charge in [0.05, 0.1) is 5.75 Å². The van der Waals surface area contributed by atoms with Crippen molar-refractivity contribution in [1.29, 1.82) is 0 Å². The van der Waals surface area contributed by atoms with E-state index in [1.54, 1.807) is 6.92 Å². The molecule has 0 saturated carbocycles. The second kappa shape index (κ2) is 3.79. The quantitative estimate of drug-likeness (QED) is 0.702. The zero-order valence-corrected chi connectivity index (χ0v) is 9.31. The van der Waals surface area contributed by atoms with E-state index < -0.39 is 10.0 Å². The Bertz CT molecular complexity index is 302. The molecule has 0 aromatic rings. The first-order chi connectivity index (χ1) is 6.61. The second-order valence-electron chi connectivity index (χ2n) is 4.30. The number of nitrogens with one attached hydrogen (secondary N) is 2. The Hall–Kier alpha value is -0.130. The van der Waals surface area contributed by atoms with Crippen molar-refractivity contribution in [3.8, 4) is 0 Å². The van der Waals surface area contributed by atoms with Crippen molar-refractivity contribution in [2.75, 3.05) is 12.3 Å². The molecule has 0 radical (unpaired) electrons. The topological polar surface area (TPSA) is 58.2 Å². The van der Waals surface area contributed by atoms with E-state index in [0.717, 1.165) is 6.42 Å². The van der Waals surface area contributed by atoms with Gasteiger partial charge in [0.25, 0.3) is 0 Å². The molecule has 3 unspecified atom stereocenters. The Morgan fingerprint density at radius 1 is 1.43 bits per heavy atom. The molecule has 0 aliphatic carbocycles. The van der Waals surface area contributed by atoms with Crippen molar-refractivity contribution >= 4 is 10.0 Å². The van der Waals surface area contributed by atoms with Crippen LogP contribution in [0.15, 0.2) is 0 Å². The molecule has 82 valence electrons. The average Bonchev–Trinajstić information content (AvgIpc) is 2.76. The highest BCUT2D eigenvalue weighted by atomic mass is 32.2. The van der Waals surface area contributed by atoms with Gasteiger partial charge in [0.2, 0.25) is 10.0 Å². The van der Waals surface area contributed by atoms with Gasteiger partial charge < -0.3 is 5.32 Å². The molecule has 2 heterocycles. The van der Waals surface area contributed by atoms with E-state index in [2.05, 4.69) is 10.0 Å². The molecule has 2 fully saturated rings. The summed E-state index contributed by atoms with van der Waals surface area (Å²) in [6, 6.07) is 1.20. The van der Waals surface area contributed by atoms with Gasteiger partial charge in [-0.1, -0.05) is 0 Å². The lowest BCUT2D eigenvalue weighted by atomic mass is 9.89. The van der Waals surface area contributed by atoms with E-state index in [-0.39, 0.29) is 5.75 Å². The highest BCUT2D eigenvalue weighted by Crippen LogP contribution is 2.32. The number of fused-ring (bicyclic) bond motifs is 2. The van der Waals surface area contributed by atoms with Gasteiger partial charge in [-0.3, -0.25) is 0 Å². The predicted octanol–water partition coefficient (Wildman–Crippen LogP) is 0.0662. The molecule has 5 heteroatoms. The maximum Gasteiger partial charge on any atom is 0.211 e. The van der Waals surface area contributed by atoms with Gasteiger partial charge in [-0.2, -0.15) is 0 Å². The van der Waals surface area contributed by atoms with E-state index in [1.807, 2.05) is 0 Å². The summed E-state index contributed by atoms with van der Waals surface area (Å²) < 4.78 is 25.1. The normalized spacial score (nSPS) is 36.5. The molecule has 0 aromatic carbocycles. The van der Waals surface area contributed by atoms with Crippen LogP contribution in [0.3, 0.4) is 0 Å². The van der Waals surface area contributed by atoms with Crippen LogP contribution in [0.4, 0.5) is 0 Å². The largest absolute Gasteiger partial charge is 0.311 e. The Labute approximate surface area is 85.5 Å². The summed E-state index contributed by atoms with van der Waals surface area (Å²) in [6.45, 7) is 2.28. The molecule has 4 nitrogen and oxygen atoms in total.